The molecule has 5 nitrogen and oxygen atoms in total. The maximum Gasteiger partial charge on any atom is 0.252 e. The van der Waals surface area contributed by atoms with Crippen molar-refractivity contribution in [1.29, 1.82) is 0 Å². The van der Waals surface area contributed by atoms with Crippen LogP contribution in [0.3, 0.4) is 0 Å². The summed E-state index contributed by atoms with van der Waals surface area (Å²) in [6.07, 6.45) is 0. The van der Waals surface area contributed by atoms with Crippen LogP contribution in [0.4, 0.5) is 16.0 Å². The number of aromatic amines is 1. The molecule has 0 amide bonds. The molecule has 0 fully saturated rings. The molecule has 0 spiro atoms. The molecule has 18 heavy (non-hydrogen) atoms. The highest BCUT2D eigenvalue weighted by atomic mass is 19.1. The lowest BCUT2D eigenvalue weighted by Gasteiger charge is -2.06. The zero-order chi connectivity index (χ0) is 13.0. The molecule has 0 aliphatic rings. The first kappa shape index (κ1) is 12.3. The van der Waals surface area contributed by atoms with Gasteiger partial charge in [-0.3, -0.25) is 9.78 Å². The van der Waals surface area contributed by atoms with Crippen LogP contribution in [0.25, 0.3) is 0 Å². The highest BCUT2D eigenvalue weighted by Gasteiger charge is 2.02. The lowest BCUT2D eigenvalue weighted by Crippen LogP contribution is -2.12. The Balaban J connectivity index is 2.23. The zero-order valence-corrected chi connectivity index (χ0v) is 9.74. The van der Waals surface area contributed by atoms with Gasteiger partial charge in [0.05, 0.1) is 12.3 Å². The van der Waals surface area contributed by atoms with Crippen molar-refractivity contribution in [2.75, 3.05) is 12.4 Å². The summed E-state index contributed by atoms with van der Waals surface area (Å²) >= 11 is 0. The molecule has 0 aliphatic carbocycles. The van der Waals surface area contributed by atoms with E-state index < -0.39 is 0 Å². The van der Waals surface area contributed by atoms with Crippen molar-refractivity contribution in [3.05, 3.63) is 52.2 Å². The summed E-state index contributed by atoms with van der Waals surface area (Å²) in [4.78, 5) is 18.1. The first-order valence-electron chi connectivity index (χ1n) is 5.29. The van der Waals surface area contributed by atoms with Gasteiger partial charge in [-0.2, -0.15) is 0 Å². The van der Waals surface area contributed by atoms with Crippen LogP contribution >= 0.6 is 0 Å². The lowest BCUT2D eigenvalue weighted by atomic mass is 10.3. The van der Waals surface area contributed by atoms with E-state index in [0.29, 0.717) is 17.3 Å². The smallest absolute Gasteiger partial charge is 0.252 e. The second kappa shape index (κ2) is 5.42. The van der Waals surface area contributed by atoms with E-state index in [1.807, 2.05) is 0 Å². The van der Waals surface area contributed by atoms with E-state index >= 15 is 0 Å². The molecule has 0 saturated carbocycles. The fourth-order valence-corrected chi connectivity index (χ4v) is 1.46. The predicted octanol–water partition coefficient (Wildman–Crippen LogP) is 1.80. The summed E-state index contributed by atoms with van der Waals surface area (Å²) in [6.45, 7) is 0.252. The van der Waals surface area contributed by atoms with Crippen LogP contribution in [0.5, 0.6) is 0 Å². The number of methoxy groups -OCH3 is 1. The van der Waals surface area contributed by atoms with Gasteiger partial charge in [0.25, 0.3) is 5.56 Å². The standard InChI is InChI=1S/C12H12FN3O2/c1-18-7-10-6-11(17)16-12(15-10)14-9-4-2-8(13)3-5-9/h2-6H,7H2,1H3,(H2,14,15,16,17). The van der Waals surface area contributed by atoms with Crippen molar-refractivity contribution >= 4 is 11.6 Å². The summed E-state index contributed by atoms with van der Waals surface area (Å²) < 4.78 is 17.6. The van der Waals surface area contributed by atoms with Crippen LogP contribution in [0.15, 0.2) is 35.1 Å². The summed E-state index contributed by atoms with van der Waals surface area (Å²) in [6, 6.07) is 7.11. The normalized spacial score (nSPS) is 10.3. The van der Waals surface area contributed by atoms with Crippen LogP contribution in [0.1, 0.15) is 5.69 Å². The number of halogens is 1. The number of aromatic nitrogens is 2. The fourth-order valence-electron chi connectivity index (χ4n) is 1.46. The summed E-state index contributed by atoms with van der Waals surface area (Å²) in [7, 11) is 1.52. The number of ether oxygens (including phenoxy) is 1. The Hall–Kier alpha value is -2.21. The zero-order valence-electron chi connectivity index (χ0n) is 9.74. The van der Waals surface area contributed by atoms with Crippen LogP contribution < -0.4 is 10.9 Å². The van der Waals surface area contributed by atoms with Gasteiger partial charge in [-0.25, -0.2) is 9.37 Å². The first-order valence-corrected chi connectivity index (χ1v) is 5.29. The molecule has 1 aromatic heterocycles. The molecular weight excluding hydrogens is 237 g/mol. The third kappa shape index (κ3) is 3.14. The maximum atomic E-state index is 12.7. The molecule has 2 N–H and O–H groups in total. The highest BCUT2D eigenvalue weighted by molar-refractivity contribution is 5.52. The second-order valence-electron chi connectivity index (χ2n) is 3.65. The Kier molecular flexibility index (Phi) is 3.69. The quantitative estimate of drug-likeness (QED) is 0.867. The number of rotatable bonds is 4. The van der Waals surface area contributed by atoms with Crippen molar-refractivity contribution < 1.29 is 9.13 Å². The number of nitrogens with zero attached hydrogens (tertiary/aromatic N) is 1. The third-order valence-electron chi connectivity index (χ3n) is 2.19. The van der Waals surface area contributed by atoms with Crippen molar-refractivity contribution in [2.45, 2.75) is 6.61 Å². The van der Waals surface area contributed by atoms with Crippen molar-refractivity contribution in [3.8, 4) is 0 Å². The summed E-state index contributed by atoms with van der Waals surface area (Å²) in [5.41, 5.74) is 0.877. The van der Waals surface area contributed by atoms with Gasteiger partial charge in [-0.05, 0) is 24.3 Å². The van der Waals surface area contributed by atoms with E-state index in [9.17, 15) is 9.18 Å². The maximum absolute atomic E-state index is 12.7. The molecular formula is C12H12FN3O2. The largest absolute Gasteiger partial charge is 0.378 e. The number of hydrogen-bond acceptors (Lipinski definition) is 4. The van der Waals surface area contributed by atoms with Gasteiger partial charge < -0.3 is 10.1 Å². The fraction of sp³-hybridized carbons (Fsp3) is 0.167. The van der Waals surface area contributed by atoms with Crippen molar-refractivity contribution in [2.24, 2.45) is 0 Å². The van der Waals surface area contributed by atoms with Crippen molar-refractivity contribution in [3.63, 3.8) is 0 Å². The number of hydrogen-bond donors (Lipinski definition) is 2. The van der Waals surface area contributed by atoms with Gasteiger partial charge in [0.15, 0.2) is 0 Å². The molecule has 2 rings (SSSR count). The topological polar surface area (TPSA) is 67.0 Å². The number of anilines is 2. The summed E-state index contributed by atoms with van der Waals surface area (Å²) in [5.74, 6) is -0.0312. The van der Waals surface area contributed by atoms with Gasteiger partial charge in [0.1, 0.15) is 5.82 Å². The SMILES string of the molecule is COCc1cc(=O)[nH]c(Nc2ccc(F)cc2)n1. The first-order chi connectivity index (χ1) is 8.67. The Morgan fingerprint density at radius 3 is 2.78 bits per heavy atom. The van der Waals surface area contributed by atoms with Crippen LogP contribution in [0, 0.1) is 5.82 Å². The second-order valence-corrected chi connectivity index (χ2v) is 3.65. The van der Waals surface area contributed by atoms with E-state index in [4.69, 9.17) is 4.74 Å². The Bertz CT molecular complexity index is 581. The van der Waals surface area contributed by atoms with E-state index in [0.717, 1.165) is 0 Å². The van der Waals surface area contributed by atoms with Gasteiger partial charge in [0.2, 0.25) is 5.95 Å². The monoisotopic (exact) mass is 249 g/mol. The van der Waals surface area contributed by atoms with E-state index in [1.165, 1.54) is 25.3 Å². The molecule has 0 aliphatic heterocycles. The molecule has 1 heterocycles. The van der Waals surface area contributed by atoms with Crippen LogP contribution in [0.2, 0.25) is 0 Å². The average molecular weight is 249 g/mol. The molecule has 94 valence electrons. The van der Waals surface area contributed by atoms with Crippen LogP contribution in [-0.4, -0.2) is 17.1 Å². The van der Waals surface area contributed by atoms with E-state index in [-0.39, 0.29) is 18.0 Å². The van der Waals surface area contributed by atoms with E-state index in [1.54, 1.807) is 12.1 Å². The third-order valence-corrected chi connectivity index (χ3v) is 2.19. The predicted molar refractivity (Wildman–Crippen MR) is 65.3 cm³/mol. The lowest BCUT2D eigenvalue weighted by molar-refractivity contribution is 0.181. The number of nitrogens with one attached hydrogen (secondary N) is 2. The van der Waals surface area contributed by atoms with Gasteiger partial charge >= 0.3 is 0 Å². The Labute approximate surface area is 103 Å². The van der Waals surface area contributed by atoms with Gasteiger partial charge in [-0.1, -0.05) is 0 Å². The summed E-state index contributed by atoms with van der Waals surface area (Å²) in [5, 5.41) is 2.88. The van der Waals surface area contributed by atoms with Crippen LogP contribution in [-0.2, 0) is 11.3 Å². The average Bonchev–Trinajstić information content (AvgIpc) is 2.32. The molecule has 6 heteroatoms. The molecule has 0 bridgehead atoms. The molecule has 0 unspecified atom stereocenters. The van der Waals surface area contributed by atoms with E-state index in [2.05, 4.69) is 15.3 Å². The Morgan fingerprint density at radius 1 is 1.39 bits per heavy atom. The Morgan fingerprint density at radius 2 is 2.11 bits per heavy atom. The molecule has 1 aromatic carbocycles. The molecule has 2 aromatic rings. The molecule has 0 saturated heterocycles. The molecule has 0 radical (unpaired) electrons. The minimum absolute atomic E-state index is 0.252. The molecule has 0 atom stereocenters. The van der Waals surface area contributed by atoms with Gasteiger partial charge in [0, 0.05) is 18.9 Å². The highest BCUT2D eigenvalue weighted by Crippen LogP contribution is 2.12. The van der Waals surface area contributed by atoms with Crippen molar-refractivity contribution in [1.82, 2.24) is 9.97 Å². The number of benzene rings is 1. The van der Waals surface area contributed by atoms with Gasteiger partial charge in [-0.15, -0.1) is 0 Å². The minimum atomic E-state index is -0.324. The minimum Gasteiger partial charge on any atom is -0.378 e. The number of H-pyrrole nitrogens is 1.